The highest BCUT2D eigenvalue weighted by molar-refractivity contribution is 7.71. The van der Waals surface area contributed by atoms with E-state index in [4.69, 9.17) is 12.2 Å². The second-order valence-corrected chi connectivity index (χ2v) is 3.64. The highest BCUT2D eigenvalue weighted by atomic mass is 32.1. The van der Waals surface area contributed by atoms with Gasteiger partial charge in [-0.2, -0.15) is 5.10 Å². The number of aromatic amines is 1. The molecule has 0 aliphatic rings. The Hall–Kier alpha value is -2.02. The maximum atomic E-state index is 11.3. The zero-order chi connectivity index (χ0) is 12.3. The van der Waals surface area contributed by atoms with Crippen LogP contribution in [0.1, 0.15) is 0 Å². The molecule has 2 aromatic rings. The molecular weight excluding hydrogens is 240 g/mol. The van der Waals surface area contributed by atoms with Gasteiger partial charge in [0.25, 0.3) is 0 Å². The van der Waals surface area contributed by atoms with Gasteiger partial charge in [0.2, 0.25) is 0 Å². The van der Waals surface area contributed by atoms with E-state index in [-0.39, 0.29) is 12.5 Å². The number of methoxy groups -OCH3 is 1. The van der Waals surface area contributed by atoms with Crippen molar-refractivity contribution in [2.24, 2.45) is 0 Å². The molecule has 0 aliphatic heterocycles. The van der Waals surface area contributed by atoms with E-state index >= 15 is 0 Å². The van der Waals surface area contributed by atoms with Gasteiger partial charge in [0.1, 0.15) is 6.54 Å². The first-order valence-electron chi connectivity index (χ1n) is 4.85. The third kappa shape index (κ3) is 2.39. The Bertz CT molecular complexity index is 575. The largest absolute Gasteiger partial charge is 0.468 e. The van der Waals surface area contributed by atoms with Crippen LogP contribution in [0.3, 0.4) is 0 Å². The van der Waals surface area contributed by atoms with E-state index in [9.17, 15) is 4.79 Å². The maximum absolute atomic E-state index is 11.3. The minimum absolute atomic E-state index is 0.0239. The number of H-pyrrole nitrogens is 1. The summed E-state index contributed by atoms with van der Waals surface area (Å²) < 4.78 is 6.54. The van der Waals surface area contributed by atoms with Gasteiger partial charge in [0.15, 0.2) is 10.6 Å². The van der Waals surface area contributed by atoms with Crippen molar-refractivity contribution in [3.8, 4) is 11.4 Å². The van der Waals surface area contributed by atoms with Crippen LogP contribution in [-0.4, -0.2) is 32.8 Å². The maximum Gasteiger partial charge on any atom is 0.325 e. The summed E-state index contributed by atoms with van der Waals surface area (Å²) in [7, 11) is 1.33. The van der Waals surface area contributed by atoms with Crippen LogP contribution < -0.4 is 0 Å². The smallest absolute Gasteiger partial charge is 0.325 e. The Morgan fingerprint density at radius 2 is 2.47 bits per heavy atom. The molecule has 0 spiro atoms. The van der Waals surface area contributed by atoms with Crippen LogP contribution in [-0.2, 0) is 16.1 Å². The molecule has 2 heterocycles. The average molecular weight is 250 g/mol. The molecule has 0 aromatic carbocycles. The van der Waals surface area contributed by atoms with Gasteiger partial charge in [-0.3, -0.25) is 19.4 Å². The number of esters is 1. The number of nitrogens with one attached hydrogen (secondary N) is 1. The lowest BCUT2D eigenvalue weighted by atomic mass is 10.3. The van der Waals surface area contributed by atoms with Crippen LogP contribution in [0.25, 0.3) is 11.4 Å². The van der Waals surface area contributed by atoms with E-state index in [1.165, 1.54) is 7.11 Å². The summed E-state index contributed by atoms with van der Waals surface area (Å²) >= 11 is 5.06. The zero-order valence-electron chi connectivity index (χ0n) is 9.08. The van der Waals surface area contributed by atoms with Gasteiger partial charge >= 0.3 is 5.97 Å². The van der Waals surface area contributed by atoms with E-state index in [0.717, 1.165) is 5.56 Å². The summed E-state index contributed by atoms with van der Waals surface area (Å²) in [6, 6.07) is 3.63. The fourth-order valence-corrected chi connectivity index (χ4v) is 1.57. The number of rotatable bonds is 3. The summed E-state index contributed by atoms with van der Waals surface area (Å²) in [5, 5.41) is 6.72. The van der Waals surface area contributed by atoms with Crippen molar-refractivity contribution in [1.29, 1.82) is 0 Å². The van der Waals surface area contributed by atoms with E-state index in [2.05, 4.69) is 19.9 Å². The molecule has 17 heavy (non-hydrogen) atoms. The molecular formula is C10H10N4O2S. The van der Waals surface area contributed by atoms with Crippen LogP contribution in [0.5, 0.6) is 0 Å². The summed E-state index contributed by atoms with van der Waals surface area (Å²) in [6.07, 6.45) is 3.31. The number of hydrogen-bond donors (Lipinski definition) is 1. The third-order valence-electron chi connectivity index (χ3n) is 2.19. The van der Waals surface area contributed by atoms with Crippen LogP contribution in [0.2, 0.25) is 0 Å². The predicted molar refractivity (Wildman–Crippen MR) is 62.7 cm³/mol. The normalized spacial score (nSPS) is 10.2. The molecule has 0 saturated heterocycles. The lowest BCUT2D eigenvalue weighted by molar-refractivity contribution is -0.141. The molecule has 0 unspecified atom stereocenters. The van der Waals surface area contributed by atoms with E-state index in [0.29, 0.717) is 10.6 Å². The fraction of sp³-hybridized carbons (Fsp3) is 0.200. The topological polar surface area (TPSA) is 72.8 Å². The minimum atomic E-state index is -0.382. The highest BCUT2D eigenvalue weighted by Gasteiger charge is 2.12. The molecule has 88 valence electrons. The molecule has 7 heteroatoms. The number of ether oxygens (including phenoxy) is 1. The van der Waals surface area contributed by atoms with Gasteiger partial charge in [0.05, 0.1) is 7.11 Å². The number of nitrogens with zero attached hydrogens (tertiary/aromatic N) is 3. The fourth-order valence-electron chi connectivity index (χ4n) is 1.37. The first-order chi connectivity index (χ1) is 8.22. The van der Waals surface area contributed by atoms with Crippen LogP contribution in [0.15, 0.2) is 24.5 Å². The Labute approximate surface area is 102 Å². The Morgan fingerprint density at radius 1 is 1.65 bits per heavy atom. The van der Waals surface area contributed by atoms with Crippen molar-refractivity contribution in [1.82, 2.24) is 19.7 Å². The SMILES string of the molecule is COC(=O)Cn1c(-c2cccnc2)n[nH]c1=S. The zero-order valence-corrected chi connectivity index (χ0v) is 9.90. The predicted octanol–water partition coefficient (Wildman–Crippen LogP) is 1.18. The van der Waals surface area contributed by atoms with Crippen molar-refractivity contribution in [2.75, 3.05) is 7.11 Å². The van der Waals surface area contributed by atoms with Crippen LogP contribution in [0, 0.1) is 4.77 Å². The van der Waals surface area contributed by atoms with Crippen molar-refractivity contribution in [2.45, 2.75) is 6.54 Å². The molecule has 0 fully saturated rings. The summed E-state index contributed by atoms with van der Waals surface area (Å²) in [6.45, 7) is 0.0239. The second kappa shape index (κ2) is 4.88. The number of hydrogen-bond acceptors (Lipinski definition) is 5. The molecule has 0 atom stereocenters. The van der Waals surface area contributed by atoms with Gasteiger partial charge in [-0.25, -0.2) is 0 Å². The molecule has 1 N–H and O–H groups in total. The van der Waals surface area contributed by atoms with Gasteiger partial charge in [0, 0.05) is 18.0 Å². The lowest BCUT2D eigenvalue weighted by Gasteiger charge is -2.04. The second-order valence-electron chi connectivity index (χ2n) is 3.26. The van der Waals surface area contributed by atoms with Crippen LogP contribution >= 0.6 is 12.2 Å². The highest BCUT2D eigenvalue weighted by Crippen LogP contribution is 2.15. The summed E-state index contributed by atoms with van der Waals surface area (Å²) in [5.74, 6) is 0.182. The van der Waals surface area contributed by atoms with E-state index < -0.39 is 0 Å². The first-order valence-corrected chi connectivity index (χ1v) is 5.25. The minimum Gasteiger partial charge on any atom is -0.468 e. The first kappa shape index (κ1) is 11.5. The summed E-state index contributed by atoms with van der Waals surface area (Å²) in [5.41, 5.74) is 0.781. The molecule has 2 rings (SSSR count). The van der Waals surface area contributed by atoms with Gasteiger partial charge in [-0.15, -0.1) is 0 Å². The molecule has 0 amide bonds. The van der Waals surface area contributed by atoms with Crippen molar-refractivity contribution in [3.05, 3.63) is 29.3 Å². The van der Waals surface area contributed by atoms with E-state index in [1.54, 1.807) is 23.0 Å². The lowest BCUT2D eigenvalue weighted by Crippen LogP contribution is -2.12. The van der Waals surface area contributed by atoms with Gasteiger partial charge in [-0.05, 0) is 24.4 Å². The molecule has 0 aliphatic carbocycles. The van der Waals surface area contributed by atoms with Crippen LogP contribution in [0.4, 0.5) is 0 Å². The molecule has 6 nitrogen and oxygen atoms in total. The number of aromatic nitrogens is 4. The molecule has 0 bridgehead atoms. The third-order valence-corrected chi connectivity index (χ3v) is 2.50. The Kier molecular flexibility index (Phi) is 3.29. The Balaban J connectivity index is 2.43. The molecule has 0 saturated carbocycles. The Morgan fingerprint density at radius 3 is 3.12 bits per heavy atom. The monoisotopic (exact) mass is 250 g/mol. The van der Waals surface area contributed by atoms with Crippen molar-refractivity contribution < 1.29 is 9.53 Å². The standard InChI is InChI=1S/C10H10N4O2S/c1-16-8(15)6-14-9(12-13-10(14)17)7-3-2-4-11-5-7/h2-5H,6H2,1H3,(H,13,17). The quantitative estimate of drug-likeness (QED) is 0.654. The number of pyridine rings is 1. The number of carbonyl (C=O) groups is 1. The number of carbonyl (C=O) groups excluding carboxylic acids is 1. The molecule has 0 radical (unpaired) electrons. The van der Waals surface area contributed by atoms with Crippen molar-refractivity contribution >= 4 is 18.2 Å². The molecule has 2 aromatic heterocycles. The summed E-state index contributed by atoms with van der Waals surface area (Å²) in [4.78, 5) is 15.3. The van der Waals surface area contributed by atoms with Gasteiger partial charge < -0.3 is 4.74 Å². The van der Waals surface area contributed by atoms with Gasteiger partial charge in [-0.1, -0.05) is 0 Å². The van der Waals surface area contributed by atoms with Crippen molar-refractivity contribution in [3.63, 3.8) is 0 Å². The average Bonchev–Trinajstić information content (AvgIpc) is 2.72. The van der Waals surface area contributed by atoms with E-state index in [1.807, 2.05) is 6.07 Å².